The number of piperidine rings is 1. The van der Waals surface area contributed by atoms with E-state index in [1.54, 1.807) is 15.9 Å². The van der Waals surface area contributed by atoms with Crippen molar-refractivity contribution >= 4 is 11.8 Å². The highest BCUT2D eigenvalue weighted by molar-refractivity contribution is 5.92. The summed E-state index contributed by atoms with van der Waals surface area (Å²) >= 11 is 0. The van der Waals surface area contributed by atoms with Gasteiger partial charge in [0.05, 0.1) is 0 Å². The first-order chi connectivity index (χ1) is 16.5. The van der Waals surface area contributed by atoms with Crippen LogP contribution in [0.5, 0.6) is 5.75 Å². The van der Waals surface area contributed by atoms with E-state index in [9.17, 15) is 9.59 Å². The molecule has 7 nitrogen and oxygen atoms in total. The fourth-order valence-corrected chi connectivity index (χ4v) is 4.29. The van der Waals surface area contributed by atoms with Gasteiger partial charge in [-0.05, 0) is 17.7 Å². The molecule has 1 fully saturated rings. The van der Waals surface area contributed by atoms with Gasteiger partial charge in [-0.3, -0.25) is 9.59 Å². The summed E-state index contributed by atoms with van der Waals surface area (Å²) in [6, 6.07) is 21.2. The predicted molar refractivity (Wildman–Crippen MR) is 128 cm³/mol. The van der Waals surface area contributed by atoms with Crippen molar-refractivity contribution in [2.45, 2.75) is 38.8 Å². The molecule has 34 heavy (non-hydrogen) atoms. The molecular formula is C27H31N3O4. The summed E-state index contributed by atoms with van der Waals surface area (Å²) < 4.78 is 11.5. The molecule has 0 spiro atoms. The number of benzene rings is 2. The van der Waals surface area contributed by atoms with Gasteiger partial charge >= 0.3 is 0 Å². The molecular weight excluding hydrogens is 430 g/mol. The average molecular weight is 462 g/mol. The van der Waals surface area contributed by atoms with Crippen LogP contribution in [0.25, 0.3) is 0 Å². The Labute approximate surface area is 200 Å². The Morgan fingerprint density at radius 3 is 2.50 bits per heavy atom. The van der Waals surface area contributed by atoms with Gasteiger partial charge in [0, 0.05) is 57.9 Å². The number of ether oxygens (including phenoxy) is 1. The van der Waals surface area contributed by atoms with Crippen LogP contribution in [0, 0.1) is 5.92 Å². The number of aryl methyl sites for hydroxylation is 1. The fourth-order valence-electron chi connectivity index (χ4n) is 4.29. The second-order valence-corrected chi connectivity index (χ2v) is 8.74. The number of hydrogen-bond acceptors (Lipinski definition) is 5. The standard InChI is InChI=1S/C27H31N3O4/c1-3-22-17-24(28-34-22)27(32)30-15-14-25(33-23-12-8-5-9-13-23)21(19-30)16-26(31)29(2)18-20-10-6-4-7-11-20/h4-13,17,21,25H,3,14-16,18-19H2,1-2H3/t21-,25-/m0/s1. The van der Waals surface area contributed by atoms with Crippen LogP contribution in [0.15, 0.2) is 71.3 Å². The monoisotopic (exact) mass is 461 g/mol. The maximum atomic E-state index is 13.1. The van der Waals surface area contributed by atoms with Crippen molar-refractivity contribution in [3.05, 3.63) is 83.7 Å². The lowest BCUT2D eigenvalue weighted by molar-refractivity contribution is -0.133. The summed E-state index contributed by atoms with van der Waals surface area (Å²) in [4.78, 5) is 29.7. The van der Waals surface area contributed by atoms with Gasteiger partial charge in [0.1, 0.15) is 17.6 Å². The molecule has 1 aromatic heterocycles. The molecule has 2 atom stereocenters. The maximum Gasteiger partial charge on any atom is 0.276 e. The lowest BCUT2D eigenvalue weighted by atomic mass is 9.90. The van der Waals surface area contributed by atoms with E-state index in [1.807, 2.05) is 74.6 Å². The molecule has 1 saturated heterocycles. The minimum Gasteiger partial charge on any atom is -0.490 e. The van der Waals surface area contributed by atoms with Crippen LogP contribution in [0.2, 0.25) is 0 Å². The highest BCUT2D eigenvalue weighted by atomic mass is 16.5. The summed E-state index contributed by atoms with van der Waals surface area (Å²) in [6.07, 6.45) is 1.45. The summed E-state index contributed by atoms with van der Waals surface area (Å²) in [7, 11) is 1.82. The molecule has 2 heterocycles. The topological polar surface area (TPSA) is 75.9 Å². The van der Waals surface area contributed by atoms with E-state index in [4.69, 9.17) is 9.26 Å². The molecule has 1 aliphatic rings. The summed E-state index contributed by atoms with van der Waals surface area (Å²) in [6.45, 7) is 3.46. The van der Waals surface area contributed by atoms with E-state index in [0.717, 1.165) is 11.3 Å². The third kappa shape index (κ3) is 5.84. The van der Waals surface area contributed by atoms with Crippen LogP contribution in [0.4, 0.5) is 0 Å². The molecule has 0 saturated carbocycles. The molecule has 178 valence electrons. The second-order valence-electron chi connectivity index (χ2n) is 8.74. The number of para-hydroxylation sites is 1. The molecule has 0 radical (unpaired) electrons. The van der Waals surface area contributed by atoms with Crippen molar-refractivity contribution in [3.8, 4) is 5.75 Å². The van der Waals surface area contributed by atoms with Crippen LogP contribution in [0.3, 0.4) is 0 Å². The maximum absolute atomic E-state index is 13.1. The third-order valence-corrected chi connectivity index (χ3v) is 6.23. The number of aromatic nitrogens is 1. The minimum absolute atomic E-state index is 0.0273. The predicted octanol–water partition coefficient (Wildman–Crippen LogP) is 4.20. The zero-order valence-corrected chi connectivity index (χ0v) is 19.7. The quantitative estimate of drug-likeness (QED) is 0.503. The van der Waals surface area contributed by atoms with Gasteiger partial charge in [0.25, 0.3) is 5.91 Å². The highest BCUT2D eigenvalue weighted by Crippen LogP contribution is 2.27. The summed E-state index contributed by atoms with van der Waals surface area (Å²) in [5.74, 6) is 1.17. The molecule has 0 N–H and O–H groups in total. The van der Waals surface area contributed by atoms with E-state index in [2.05, 4.69) is 5.16 Å². The molecule has 0 aliphatic carbocycles. The van der Waals surface area contributed by atoms with Gasteiger partial charge in [-0.15, -0.1) is 0 Å². The first-order valence-electron chi connectivity index (χ1n) is 11.8. The molecule has 3 aromatic rings. The Balaban J connectivity index is 1.46. The van der Waals surface area contributed by atoms with Crippen molar-refractivity contribution in [1.82, 2.24) is 15.0 Å². The zero-order valence-electron chi connectivity index (χ0n) is 19.7. The number of hydrogen-bond donors (Lipinski definition) is 0. The third-order valence-electron chi connectivity index (χ3n) is 6.23. The smallest absolute Gasteiger partial charge is 0.276 e. The zero-order chi connectivity index (χ0) is 23.9. The number of carbonyl (C=O) groups is 2. The normalized spacial score (nSPS) is 17.9. The SMILES string of the molecule is CCc1cc(C(=O)N2CC[C@H](Oc3ccccc3)[C@@H](CC(=O)N(C)Cc3ccccc3)C2)no1. The molecule has 2 aromatic carbocycles. The van der Waals surface area contributed by atoms with E-state index in [1.165, 1.54) is 0 Å². The number of carbonyl (C=O) groups excluding carboxylic acids is 2. The van der Waals surface area contributed by atoms with Crippen molar-refractivity contribution in [2.75, 3.05) is 20.1 Å². The summed E-state index contributed by atoms with van der Waals surface area (Å²) in [5.41, 5.74) is 1.39. The van der Waals surface area contributed by atoms with Crippen molar-refractivity contribution in [2.24, 2.45) is 5.92 Å². The van der Waals surface area contributed by atoms with Crippen LogP contribution in [0.1, 0.15) is 41.6 Å². The van der Waals surface area contributed by atoms with Gasteiger partial charge in [-0.1, -0.05) is 60.6 Å². The Hall–Kier alpha value is -3.61. The molecule has 7 heteroatoms. The van der Waals surface area contributed by atoms with E-state index >= 15 is 0 Å². The van der Waals surface area contributed by atoms with Crippen LogP contribution < -0.4 is 4.74 Å². The van der Waals surface area contributed by atoms with Gasteiger partial charge < -0.3 is 19.1 Å². The van der Waals surface area contributed by atoms with Gasteiger partial charge in [-0.2, -0.15) is 0 Å². The first kappa shape index (κ1) is 23.5. The van der Waals surface area contributed by atoms with Crippen molar-refractivity contribution < 1.29 is 18.8 Å². The minimum atomic E-state index is -0.170. The van der Waals surface area contributed by atoms with Gasteiger partial charge in [0.15, 0.2) is 5.69 Å². The first-order valence-corrected chi connectivity index (χ1v) is 11.8. The van der Waals surface area contributed by atoms with Crippen LogP contribution in [-0.4, -0.2) is 53.0 Å². The largest absolute Gasteiger partial charge is 0.490 e. The second kappa shape index (κ2) is 11.0. The van der Waals surface area contributed by atoms with Crippen LogP contribution >= 0.6 is 0 Å². The van der Waals surface area contributed by atoms with Crippen molar-refractivity contribution in [3.63, 3.8) is 0 Å². The molecule has 0 unspecified atom stereocenters. The van der Waals surface area contributed by atoms with Crippen molar-refractivity contribution in [1.29, 1.82) is 0 Å². The molecule has 1 aliphatic heterocycles. The fraction of sp³-hybridized carbons (Fsp3) is 0.370. The number of rotatable bonds is 8. The Bertz CT molecular complexity index is 1080. The Morgan fingerprint density at radius 1 is 1.12 bits per heavy atom. The van der Waals surface area contributed by atoms with Crippen LogP contribution in [-0.2, 0) is 17.8 Å². The molecule has 2 amide bonds. The van der Waals surface area contributed by atoms with E-state index in [-0.39, 0.29) is 23.8 Å². The van der Waals surface area contributed by atoms with Gasteiger partial charge in [-0.25, -0.2) is 0 Å². The average Bonchev–Trinajstić information content (AvgIpc) is 3.35. The number of likely N-dealkylation sites (tertiary alicyclic amines) is 1. The number of nitrogens with zero attached hydrogens (tertiary/aromatic N) is 3. The molecule has 4 rings (SSSR count). The summed E-state index contributed by atoms with van der Waals surface area (Å²) in [5, 5.41) is 3.94. The Morgan fingerprint density at radius 2 is 1.82 bits per heavy atom. The lowest BCUT2D eigenvalue weighted by Crippen LogP contribution is -2.49. The number of amides is 2. The lowest BCUT2D eigenvalue weighted by Gasteiger charge is -2.38. The highest BCUT2D eigenvalue weighted by Gasteiger charge is 2.36. The molecule has 0 bridgehead atoms. The van der Waals surface area contributed by atoms with E-state index < -0.39 is 0 Å². The van der Waals surface area contributed by atoms with E-state index in [0.29, 0.717) is 50.4 Å². The van der Waals surface area contributed by atoms with Gasteiger partial charge in [0.2, 0.25) is 5.91 Å². The Kier molecular flexibility index (Phi) is 7.62.